The van der Waals surface area contributed by atoms with Crippen LogP contribution >= 0.6 is 0 Å². The summed E-state index contributed by atoms with van der Waals surface area (Å²) < 4.78 is 42.4. The van der Waals surface area contributed by atoms with Crippen molar-refractivity contribution in [2.45, 2.75) is 30.3 Å². The molecule has 0 amide bonds. The summed E-state index contributed by atoms with van der Waals surface area (Å²) >= 11 is 0. The van der Waals surface area contributed by atoms with Crippen LogP contribution in [-0.4, -0.2) is 40.7 Å². The highest BCUT2D eigenvalue weighted by molar-refractivity contribution is 7.89. The molecular formula is C21H22FN3O3S. The number of hydrogen-bond acceptors (Lipinski definition) is 4. The van der Waals surface area contributed by atoms with Crippen molar-refractivity contribution in [1.82, 2.24) is 14.1 Å². The fourth-order valence-corrected chi connectivity index (χ4v) is 5.37. The molecule has 1 aromatic heterocycles. The van der Waals surface area contributed by atoms with Gasteiger partial charge in [0.25, 0.3) is 0 Å². The molecule has 1 fully saturated rings. The number of aliphatic hydroxyl groups excluding tert-OH is 1. The maximum Gasteiger partial charge on any atom is 0.243 e. The standard InChI is InChI=1S/C21H22FN3O3S/c22-18-5-4-8-20(13-18)29(27,28)24-11-9-16(10-12-24)21-17(15-26)14-23-25(21)19-6-2-1-3-7-19/h1-8,13-14,16,26H,9-12,15H2. The van der Waals surface area contributed by atoms with Gasteiger partial charge in [0, 0.05) is 24.6 Å². The fourth-order valence-electron chi connectivity index (χ4n) is 3.87. The molecule has 0 radical (unpaired) electrons. The Bertz CT molecular complexity index is 1090. The molecule has 0 aliphatic carbocycles. The van der Waals surface area contributed by atoms with Crippen molar-refractivity contribution in [2.24, 2.45) is 0 Å². The number of rotatable bonds is 5. The first-order valence-corrected chi connectivity index (χ1v) is 10.9. The fraction of sp³-hybridized carbons (Fsp3) is 0.286. The molecule has 29 heavy (non-hydrogen) atoms. The normalized spacial score (nSPS) is 16.2. The van der Waals surface area contributed by atoms with E-state index in [1.807, 2.05) is 35.0 Å². The van der Waals surface area contributed by atoms with Gasteiger partial charge in [-0.25, -0.2) is 17.5 Å². The van der Waals surface area contributed by atoms with Gasteiger partial charge in [-0.3, -0.25) is 0 Å². The molecule has 1 saturated heterocycles. The van der Waals surface area contributed by atoms with Crippen LogP contribution < -0.4 is 0 Å². The van der Waals surface area contributed by atoms with Crippen molar-refractivity contribution in [3.63, 3.8) is 0 Å². The molecule has 1 aliphatic heterocycles. The van der Waals surface area contributed by atoms with Gasteiger partial charge in [0.1, 0.15) is 5.82 Å². The van der Waals surface area contributed by atoms with Gasteiger partial charge in [-0.15, -0.1) is 0 Å². The molecule has 3 aromatic rings. The van der Waals surface area contributed by atoms with Crippen molar-refractivity contribution in [3.8, 4) is 5.69 Å². The van der Waals surface area contributed by atoms with E-state index in [2.05, 4.69) is 5.10 Å². The number of nitrogens with zero attached hydrogens (tertiary/aromatic N) is 3. The van der Waals surface area contributed by atoms with Crippen molar-refractivity contribution in [1.29, 1.82) is 0 Å². The lowest BCUT2D eigenvalue weighted by Gasteiger charge is -2.32. The maximum absolute atomic E-state index is 13.5. The number of para-hydroxylation sites is 1. The van der Waals surface area contributed by atoms with Crippen LogP contribution in [-0.2, 0) is 16.6 Å². The van der Waals surface area contributed by atoms with Crippen LogP contribution in [0.5, 0.6) is 0 Å². The zero-order valence-electron chi connectivity index (χ0n) is 15.8. The van der Waals surface area contributed by atoms with Gasteiger partial charge in [0.15, 0.2) is 0 Å². The van der Waals surface area contributed by atoms with E-state index in [4.69, 9.17) is 0 Å². The maximum atomic E-state index is 13.5. The Morgan fingerprint density at radius 2 is 1.79 bits per heavy atom. The van der Waals surface area contributed by atoms with Gasteiger partial charge in [0.2, 0.25) is 10.0 Å². The second kappa shape index (κ2) is 8.06. The van der Waals surface area contributed by atoms with Crippen molar-refractivity contribution in [2.75, 3.05) is 13.1 Å². The van der Waals surface area contributed by atoms with Crippen LogP contribution in [0.25, 0.3) is 5.69 Å². The molecule has 1 N–H and O–H groups in total. The highest BCUT2D eigenvalue weighted by Crippen LogP contribution is 2.34. The Balaban J connectivity index is 1.57. The Kier molecular flexibility index (Phi) is 5.49. The van der Waals surface area contributed by atoms with Gasteiger partial charge in [-0.2, -0.15) is 9.40 Å². The second-order valence-corrected chi connectivity index (χ2v) is 9.03. The number of aliphatic hydroxyl groups is 1. The molecular weight excluding hydrogens is 393 g/mol. The third kappa shape index (κ3) is 3.83. The number of aromatic nitrogens is 2. The molecule has 0 saturated carbocycles. The molecule has 0 bridgehead atoms. The molecule has 152 valence electrons. The third-order valence-corrected chi connectivity index (χ3v) is 7.23. The van der Waals surface area contributed by atoms with E-state index in [-0.39, 0.29) is 17.4 Å². The van der Waals surface area contributed by atoms with E-state index >= 15 is 0 Å². The van der Waals surface area contributed by atoms with Crippen molar-refractivity contribution >= 4 is 10.0 Å². The average molecular weight is 415 g/mol. The Labute approximate surface area is 169 Å². The third-order valence-electron chi connectivity index (χ3n) is 5.33. The summed E-state index contributed by atoms with van der Waals surface area (Å²) in [6.45, 7) is 0.534. The quantitative estimate of drug-likeness (QED) is 0.695. The SMILES string of the molecule is O=S(=O)(c1cccc(F)c1)N1CCC(c2c(CO)cnn2-c2ccccc2)CC1. The van der Waals surface area contributed by atoms with Gasteiger partial charge < -0.3 is 5.11 Å². The molecule has 4 rings (SSSR count). The lowest BCUT2D eigenvalue weighted by atomic mass is 9.92. The topological polar surface area (TPSA) is 75.4 Å². The average Bonchev–Trinajstić information content (AvgIpc) is 3.18. The van der Waals surface area contributed by atoms with Crippen LogP contribution in [0.2, 0.25) is 0 Å². The first-order valence-electron chi connectivity index (χ1n) is 9.49. The summed E-state index contributed by atoms with van der Waals surface area (Å²) in [5.74, 6) is -0.501. The van der Waals surface area contributed by atoms with Crippen LogP contribution in [0.1, 0.15) is 30.0 Å². The Morgan fingerprint density at radius 3 is 2.45 bits per heavy atom. The first kappa shape index (κ1) is 19.8. The van der Waals surface area contributed by atoms with E-state index in [0.717, 1.165) is 23.0 Å². The number of piperidine rings is 1. The van der Waals surface area contributed by atoms with Gasteiger partial charge in [-0.05, 0) is 43.2 Å². The summed E-state index contributed by atoms with van der Waals surface area (Å²) in [5.41, 5.74) is 2.57. The smallest absolute Gasteiger partial charge is 0.243 e. The van der Waals surface area contributed by atoms with Crippen LogP contribution in [0.15, 0.2) is 65.7 Å². The molecule has 2 heterocycles. The zero-order valence-corrected chi connectivity index (χ0v) is 16.6. The summed E-state index contributed by atoms with van der Waals surface area (Å²) in [7, 11) is -3.73. The lowest BCUT2D eigenvalue weighted by molar-refractivity contribution is 0.274. The van der Waals surface area contributed by atoms with Crippen LogP contribution in [0, 0.1) is 5.82 Å². The molecule has 1 aliphatic rings. The van der Waals surface area contributed by atoms with Crippen molar-refractivity contribution < 1.29 is 17.9 Å². The minimum atomic E-state index is -3.73. The van der Waals surface area contributed by atoms with Gasteiger partial charge >= 0.3 is 0 Å². The number of hydrogen-bond donors (Lipinski definition) is 1. The molecule has 0 unspecified atom stereocenters. The van der Waals surface area contributed by atoms with E-state index in [0.29, 0.717) is 25.9 Å². The largest absolute Gasteiger partial charge is 0.392 e. The predicted octanol–water partition coefficient (Wildman–Crippen LogP) is 3.07. The van der Waals surface area contributed by atoms with Crippen LogP contribution in [0.3, 0.4) is 0 Å². The van der Waals surface area contributed by atoms with Gasteiger partial charge in [-0.1, -0.05) is 24.3 Å². The van der Waals surface area contributed by atoms with E-state index < -0.39 is 15.8 Å². The number of benzene rings is 2. The molecule has 0 atom stereocenters. The Morgan fingerprint density at radius 1 is 1.07 bits per heavy atom. The second-order valence-electron chi connectivity index (χ2n) is 7.10. The zero-order chi connectivity index (χ0) is 20.4. The summed E-state index contributed by atoms with van der Waals surface area (Å²) in [6, 6.07) is 14.8. The summed E-state index contributed by atoms with van der Waals surface area (Å²) in [6.07, 6.45) is 2.86. The van der Waals surface area contributed by atoms with Gasteiger partial charge in [0.05, 0.1) is 29.1 Å². The number of sulfonamides is 1. The highest BCUT2D eigenvalue weighted by atomic mass is 32.2. The highest BCUT2D eigenvalue weighted by Gasteiger charge is 2.32. The van der Waals surface area contributed by atoms with E-state index in [1.165, 1.54) is 22.5 Å². The lowest BCUT2D eigenvalue weighted by Crippen LogP contribution is -2.38. The van der Waals surface area contributed by atoms with Crippen molar-refractivity contribution in [3.05, 3.63) is 77.9 Å². The summed E-state index contributed by atoms with van der Waals surface area (Å²) in [4.78, 5) is -0.0266. The molecule has 8 heteroatoms. The predicted molar refractivity (Wildman–Crippen MR) is 107 cm³/mol. The van der Waals surface area contributed by atoms with E-state index in [1.54, 1.807) is 6.20 Å². The molecule has 0 spiro atoms. The van der Waals surface area contributed by atoms with Crippen LogP contribution in [0.4, 0.5) is 4.39 Å². The summed E-state index contributed by atoms with van der Waals surface area (Å²) in [5, 5.41) is 14.2. The molecule has 2 aromatic carbocycles. The first-order chi connectivity index (χ1) is 14.0. The Hall–Kier alpha value is -2.55. The monoisotopic (exact) mass is 415 g/mol. The minimum absolute atomic E-state index is 0.0266. The van der Waals surface area contributed by atoms with E-state index in [9.17, 15) is 17.9 Å². The molecule has 6 nitrogen and oxygen atoms in total. The minimum Gasteiger partial charge on any atom is -0.392 e. The number of halogens is 1.